The van der Waals surface area contributed by atoms with Gasteiger partial charge in [-0.3, -0.25) is 4.68 Å². The lowest BCUT2D eigenvalue weighted by molar-refractivity contribution is 0.455. The van der Waals surface area contributed by atoms with Crippen LogP contribution in [-0.4, -0.2) is 9.78 Å². The van der Waals surface area contributed by atoms with Gasteiger partial charge in [0.05, 0.1) is 6.20 Å². The predicted octanol–water partition coefficient (Wildman–Crippen LogP) is 3.39. The third kappa shape index (κ3) is 3.23. The lowest BCUT2D eigenvalue weighted by Gasteiger charge is -2.05. The quantitative estimate of drug-likeness (QED) is 0.796. The molecule has 106 valence electrons. The lowest BCUT2D eigenvalue weighted by atomic mass is 10.1. The molecule has 2 aromatic carbocycles. The monoisotopic (exact) mass is 279 g/mol. The van der Waals surface area contributed by atoms with Crippen molar-refractivity contribution < 1.29 is 4.74 Å². The topological polar surface area (TPSA) is 53.1 Å². The summed E-state index contributed by atoms with van der Waals surface area (Å²) in [7, 11) is 1.81. The van der Waals surface area contributed by atoms with Crippen LogP contribution < -0.4 is 10.5 Å². The van der Waals surface area contributed by atoms with Crippen molar-refractivity contribution in [3.63, 3.8) is 0 Å². The highest BCUT2D eigenvalue weighted by atomic mass is 16.5. The smallest absolute Gasteiger partial charge is 0.261 e. The van der Waals surface area contributed by atoms with Gasteiger partial charge in [-0.15, -0.1) is 5.10 Å². The highest BCUT2D eigenvalue weighted by molar-refractivity contribution is 5.48. The first kappa shape index (κ1) is 13.2. The van der Waals surface area contributed by atoms with Crippen molar-refractivity contribution in [3.05, 3.63) is 71.9 Å². The van der Waals surface area contributed by atoms with E-state index in [-0.39, 0.29) is 0 Å². The molecular formula is C17H17N3O. The molecule has 21 heavy (non-hydrogen) atoms. The van der Waals surface area contributed by atoms with E-state index in [0.29, 0.717) is 11.6 Å². The molecule has 0 aliphatic heterocycles. The highest BCUT2D eigenvalue weighted by Gasteiger charge is 2.06. The van der Waals surface area contributed by atoms with Crippen LogP contribution in [0.5, 0.6) is 11.6 Å². The number of aryl methyl sites for hydroxylation is 1. The molecule has 0 aliphatic rings. The third-order valence-electron chi connectivity index (χ3n) is 3.21. The Labute approximate surface area is 123 Å². The maximum atomic E-state index is 5.81. The summed E-state index contributed by atoms with van der Waals surface area (Å²) < 4.78 is 7.31. The van der Waals surface area contributed by atoms with Crippen molar-refractivity contribution >= 4 is 5.69 Å². The Hall–Kier alpha value is -2.75. The summed E-state index contributed by atoms with van der Waals surface area (Å²) in [6.07, 6.45) is 2.63. The average molecular weight is 279 g/mol. The number of hydrogen-bond acceptors (Lipinski definition) is 3. The summed E-state index contributed by atoms with van der Waals surface area (Å²) in [5.74, 6) is 1.17. The van der Waals surface area contributed by atoms with E-state index in [1.165, 1.54) is 11.1 Å². The molecule has 0 unspecified atom stereocenters. The van der Waals surface area contributed by atoms with Crippen molar-refractivity contribution in [2.75, 3.05) is 5.73 Å². The molecule has 0 aliphatic carbocycles. The molecule has 0 fully saturated rings. The first-order valence-electron chi connectivity index (χ1n) is 6.80. The fourth-order valence-corrected chi connectivity index (χ4v) is 2.18. The first-order valence-corrected chi connectivity index (χ1v) is 6.80. The molecule has 2 N–H and O–H groups in total. The Bertz CT molecular complexity index is 718. The van der Waals surface area contributed by atoms with Crippen molar-refractivity contribution in [3.8, 4) is 11.6 Å². The minimum Gasteiger partial charge on any atom is -0.436 e. The fourth-order valence-electron chi connectivity index (χ4n) is 2.18. The molecule has 3 aromatic rings. The molecule has 0 bridgehead atoms. The molecule has 0 amide bonds. The van der Waals surface area contributed by atoms with Crippen molar-refractivity contribution in [1.82, 2.24) is 9.78 Å². The van der Waals surface area contributed by atoms with Gasteiger partial charge in [0.1, 0.15) is 11.4 Å². The molecule has 0 atom stereocenters. The first-order chi connectivity index (χ1) is 10.2. The van der Waals surface area contributed by atoms with E-state index in [1.807, 2.05) is 25.2 Å². The number of hydrogen-bond donors (Lipinski definition) is 1. The number of benzene rings is 2. The Balaban J connectivity index is 1.71. The van der Waals surface area contributed by atoms with Crippen LogP contribution in [0.4, 0.5) is 5.69 Å². The van der Waals surface area contributed by atoms with Crippen LogP contribution in [0.3, 0.4) is 0 Å². The van der Waals surface area contributed by atoms with Crippen molar-refractivity contribution in [2.45, 2.75) is 6.42 Å². The van der Waals surface area contributed by atoms with Gasteiger partial charge in [-0.25, -0.2) is 0 Å². The second kappa shape index (κ2) is 5.71. The van der Waals surface area contributed by atoms with E-state index in [1.54, 1.807) is 10.9 Å². The van der Waals surface area contributed by atoms with E-state index >= 15 is 0 Å². The Morgan fingerprint density at radius 2 is 1.67 bits per heavy atom. The van der Waals surface area contributed by atoms with E-state index in [0.717, 1.165) is 12.2 Å². The molecule has 3 rings (SSSR count). The summed E-state index contributed by atoms with van der Waals surface area (Å²) in [5.41, 5.74) is 8.88. The van der Waals surface area contributed by atoms with Crippen LogP contribution in [0.2, 0.25) is 0 Å². The summed E-state index contributed by atoms with van der Waals surface area (Å²) in [5, 5.41) is 4.17. The van der Waals surface area contributed by atoms with Gasteiger partial charge >= 0.3 is 0 Å². The minimum absolute atomic E-state index is 0.438. The highest BCUT2D eigenvalue weighted by Crippen LogP contribution is 2.25. The summed E-state index contributed by atoms with van der Waals surface area (Å²) in [4.78, 5) is 0. The van der Waals surface area contributed by atoms with Gasteiger partial charge in [-0.1, -0.05) is 42.5 Å². The number of ether oxygens (including phenoxy) is 1. The van der Waals surface area contributed by atoms with Gasteiger partial charge in [-0.05, 0) is 29.7 Å². The van der Waals surface area contributed by atoms with Gasteiger partial charge in [0, 0.05) is 7.05 Å². The zero-order valence-corrected chi connectivity index (χ0v) is 11.9. The maximum absolute atomic E-state index is 5.81. The van der Waals surface area contributed by atoms with Gasteiger partial charge in [-0.2, -0.15) is 0 Å². The second-order valence-corrected chi connectivity index (χ2v) is 4.97. The summed E-state index contributed by atoms with van der Waals surface area (Å²) >= 11 is 0. The second-order valence-electron chi connectivity index (χ2n) is 4.97. The van der Waals surface area contributed by atoms with Gasteiger partial charge in [0.2, 0.25) is 0 Å². The molecule has 1 heterocycles. The zero-order chi connectivity index (χ0) is 14.7. The van der Waals surface area contributed by atoms with Crippen LogP contribution in [0.1, 0.15) is 11.1 Å². The number of nitrogens with two attached hydrogens (primary N) is 1. The van der Waals surface area contributed by atoms with Crippen molar-refractivity contribution in [2.24, 2.45) is 7.05 Å². The van der Waals surface area contributed by atoms with E-state index < -0.39 is 0 Å². The molecular weight excluding hydrogens is 262 g/mol. The number of nitrogen functional groups attached to an aromatic ring is 1. The molecule has 1 aromatic heterocycles. The standard InChI is InChI=1S/C17H17N3O/c1-20-12-16(18)17(19-20)21-15-9-7-14(8-10-15)11-13-5-3-2-4-6-13/h2-10,12H,11,18H2,1H3. The lowest BCUT2D eigenvalue weighted by Crippen LogP contribution is -1.92. The Morgan fingerprint density at radius 3 is 2.29 bits per heavy atom. The fraction of sp³-hybridized carbons (Fsp3) is 0.118. The minimum atomic E-state index is 0.438. The predicted molar refractivity (Wildman–Crippen MR) is 83.4 cm³/mol. The van der Waals surface area contributed by atoms with Crippen molar-refractivity contribution in [1.29, 1.82) is 0 Å². The molecule has 0 spiro atoms. The summed E-state index contributed by atoms with van der Waals surface area (Å²) in [6, 6.07) is 18.4. The molecule has 0 saturated heterocycles. The average Bonchev–Trinajstić information content (AvgIpc) is 2.80. The molecule has 0 radical (unpaired) electrons. The van der Waals surface area contributed by atoms with E-state index in [2.05, 4.69) is 41.5 Å². The maximum Gasteiger partial charge on any atom is 0.261 e. The Morgan fingerprint density at radius 1 is 1.00 bits per heavy atom. The van der Waals surface area contributed by atoms with E-state index in [9.17, 15) is 0 Å². The summed E-state index contributed by atoms with van der Waals surface area (Å²) in [6.45, 7) is 0. The number of anilines is 1. The Kier molecular flexibility index (Phi) is 3.60. The number of nitrogens with zero attached hydrogens (tertiary/aromatic N) is 2. The number of aromatic nitrogens is 2. The van der Waals surface area contributed by atoms with Gasteiger partial charge < -0.3 is 10.5 Å². The van der Waals surface area contributed by atoms with Crippen LogP contribution in [0, 0.1) is 0 Å². The van der Waals surface area contributed by atoms with Crippen LogP contribution >= 0.6 is 0 Å². The normalized spacial score (nSPS) is 10.5. The zero-order valence-electron chi connectivity index (χ0n) is 11.9. The van der Waals surface area contributed by atoms with Crippen LogP contribution in [-0.2, 0) is 13.5 Å². The largest absolute Gasteiger partial charge is 0.436 e. The third-order valence-corrected chi connectivity index (χ3v) is 3.21. The van der Waals surface area contributed by atoms with Gasteiger partial charge in [0.15, 0.2) is 0 Å². The van der Waals surface area contributed by atoms with Gasteiger partial charge in [0.25, 0.3) is 5.88 Å². The SMILES string of the molecule is Cn1cc(N)c(Oc2ccc(Cc3ccccc3)cc2)n1. The van der Waals surface area contributed by atoms with Crippen LogP contribution in [0.15, 0.2) is 60.8 Å². The van der Waals surface area contributed by atoms with E-state index in [4.69, 9.17) is 10.5 Å². The van der Waals surface area contributed by atoms with Crippen LogP contribution in [0.25, 0.3) is 0 Å². The molecule has 4 nitrogen and oxygen atoms in total. The molecule has 4 heteroatoms. The number of rotatable bonds is 4. The molecule has 0 saturated carbocycles.